The van der Waals surface area contributed by atoms with E-state index in [2.05, 4.69) is 10.4 Å². The minimum atomic E-state index is -4.07. The molecule has 0 aliphatic heterocycles. The van der Waals surface area contributed by atoms with Gasteiger partial charge in [-0.2, -0.15) is 19.8 Å². The Morgan fingerprint density at radius 3 is 2.65 bits per heavy atom. The van der Waals surface area contributed by atoms with E-state index in [4.69, 9.17) is 16.4 Å². The molecule has 0 atom stereocenters. The first-order valence-corrected chi connectivity index (χ1v) is 7.54. The van der Waals surface area contributed by atoms with E-state index in [1.165, 1.54) is 21.9 Å². The van der Waals surface area contributed by atoms with Gasteiger partial charge in [-0.05, 0) is 0 Å². The van der Waals surface area contributed by atoms with Gasteiger partial charge in [0.1, 0.15) is 13.1 Å². The predicted octanol–water partition coefficient (Wildman–Crippen LogP) is -0.281. The standard InChI is InChI=1S/C9H9N7O2S2/c10-1-3-15(4-2-11)20(17,18)8-7(14-12)13-9-16(8)5-6-19-9/h5-6,14H,3-4,12H2. The Balaban J connectivity index is 2.64. The van der Waals surface area contributed by atoms with E-state index < -0.39 is 23.1 Å². The number of sulfonamides is 1. The maximum Gasteiger partial charge on any atom is 0.264 e. The normalized spacial score (nSPS) is 11.4. The Kier molecular flexibility index (Phi) is 3.87. The number of hydrogen-bond acceptors (Lipinski definition) is 8. The van der Waals surface area contributed by atoms with Crippen molar-refractivity contribution in [1.82, 2.24) is 13.7 Å². The molecule has 0 amide bonds. The van der Waals surface area contributed by atoms with Gasteiger partial charge in [-0.1, -0.05) is 0 Å². The van der Waals surface area contributed by atoms with Gasteiger partial charge in [0, 0.05) is 11.6 Å². The minimum absolute atomic E-state index is 0.0299. The summed E-state index contributed by atoms with van der Waals surface area (Å²) in [4.78, 5) is 4.47. The molecule has 20 heavy (non-hydrogen) atoms. The molecule has 0 aliphatic rings. The second-order valence-corrected chi connectivity index (χ2v) is 6.28. The second-order valence-electron chi connectivity index (χ2n) is 3.55. The zero-order valence-corrected chi connectivity index (χ0v) is 11.6. The Morgan fingerprint density at radius 2 is 2.10 bits per heavy atom. The lowest BCUT2D eigenvalue weighted by atomic mass is 10.6. The van der Waals surface area contributed by atoms with Crippen LogP contribution in [0.15, 0.2) is 16.6 Å². The summed E-state index contributed by atoms with van der Waals surface area (Å²) in [7, 11) is -4.07. The Morgan fingerprint density at radius 1 is 1.45 bits per heavy atom. The van der Waals surface area contributed by atoms with E-state index >= 15 is 0 Å². The zero-order chi connectivity index (χ0) is 14.8. The van der Waals surface area contributed by atoms with Crippen LogP contribution in [0, 0.1) is 22.7 Å². The summed E-state index contributed by atoms with van der Waals surface area (Å²) in [6, 6.07) is 3.43. The Hall–Kier alpha value is -2.18. The van der Waals surface area contributed by atoms with Crippen molar-refractivity contribution in [2.24, 2.45) is 5.84 Å². The van der Waals surface area contributed by atoms with Gasteiger partial charge in [0.15, 0.2) is 10.8 Å². The highest BCUT2D eigenvalue weighted by Gasteiger charge is 2.31. The van der Waals surface area contributed by atoms with Crippen LogP contribution in [0.3, 0.4) is 0 Å². The molecule has 104 valence electrons. The third-order valence-electron chi connectivity index (χ3n) is 2.43. The van der Waals surface area contributed by atoms with Crippen molar-refractivity contribution in [3.8, 4) is 12.1 Å². The number of rotatable bonds is 5. The maximum absolute atomic E-state index is 12.5. The van der Waals surface area contributed by atoms with Gasteiger partial charge in [-0.15, -0.1) is 11.3 Å². The molecule has 0 bridgehead atoms. The summed E-state index contributed by atoms with van der Waals surface area (Å²) in [6.07, 6.45) is 1.53. The lowest BCUT2D eigenvalue weighted by Gasteiger charge is -2.15. The molecular weight excluding hydrogens is 302 g/mol. The number of nitrogen functional groups attached to an aromatic ring is 1. The first-order valence-electron chi connectivity index (χ1n) is 5.22. The van der Waals surface area contributed by atoms with E-state index in [9.17, 15) is 8.42 Å². The van der Waals surface area contributed by atoms with Gasteiger partial charge in [0.05, 0.1) is 12.1 Å². The zero-order valence-electron chi connectivity index (χ0n) is 10.0. The van der Waals surface area contributed by atoms with E-state index in [0.717, 1.165) is 4.31 Å². The number of imidazole rings is 1. The summed E-state index contributed by atoms with van der Waals surface area (Å²) < 4.78 is 27.2. The van der Waals surface area contributed by atoms with Crippen LogP contribution >= 0.6 is 11.3 Å². The summed E-state index contributed by atoms with van der Waals surface area (Å²) in [5.74, 6) is 5.25. The van der Waals surface area contributed by atoms with Crippen LogP contribution in [0.2, 0.25) is 0 Å². The van der Waals surface area contributed by atoms with Crippen LogP contribution in [0.25, 0.3) is 4.96 Å². The molecule has 0 saturated carbocycles. The van der Waals surface area contributed by atoms with Gasteiger partial charge < -0.3 is 5.43 Å². The van der Waals surface area contributed by atoms with Crippen LogP contribution in [-0.2, 0) is 10.0 Å². The SMILES string of the molecule is N#CCN(CC#N)S(=O)(=O)c1c(NN)nc2sccn12. The number of fused-ring (bicyclic) bond motifs is 1. The van der Waals surface area contributed by atoms with Gasteiger partial charge in [-0.25, -0.2) is 14.3 Å². The molecule has 2 heterocycles. The van der Waals surface area contributed by atoms with E-state index in [-0.39, 0.29) is 10.8 Å². The summed E-state index contributed by atoms with van der Waals surface area (Å²) in [5.41, 5.74) is 2.22. The number of anilines is 1. The number of aromatic nitrogens is 2. The van der Waals surface area contributed by atoms with Gasteiger partial charge in [0.25, 0.3) is 10.0 Å². The molecule has 0 unspecified atom stereocenters. The molecule has 0 spiro atoms. The van der Waals surface area contributed by atoms with Crippen molar-refractivity contribution in [1.29, 1.82) is 10.5 Å². The highest BCUT2D eigenvalue weighted by Crippen LogP contribution is 2.27. The van der Waals surface area contributed by atoms with Crippen molar-refractivity contribution in [3.05, 3.63) is 11.6 Å². The molecule has 0 radical (unpaired) electrons. The molecular formula is C9H9N7O2S2. The molecule has 3 N–H and O–H groups in total. The Bertz CT molecular complexity index is 792. The highest BCUT2D eigenvalue weighted by molar-refractivity contribution is 7.89. The monoisotopic (exact) mass is 311 g/mol. The topological polar surface area (TPSA) is 140 Å². The lowest BCUT2D eigenvalue weighted by molar-refractivity contribution is 0.476. The van der Waals surface area contributed by atoms with Crippen LogP contribution in [0.4, 0.5) is 5.82 Å². The first-order chi connectivity index (χ1) is 9.56. The van der Waals surface area contributed by atoms with E-state index in [1.54, 1.807) is 17.5 Å². The number of hydrazine groups is 1. The van der Waals surface area contributed by atoms with Crippen molar-refractivity contribution in [2.45, 2.75) is 5.03 Å². The number of nitrogens with zero attached hydrogens (tertiary/aromatic N) is 5. The molecule has 0 aliphatic carbocycles. The fraction of sp³-hybridized carbons (Fsp3) is 0.222. The van der Waals surface area contributed by atoms with Crippen LogP contribution in [0.5, 0.6) is 0 Å². The lowest BCUT2D eigenvalue weighted by Crippen LogP contribution is -2.33. The number of nitrogens with two attached hydrogens (primary N) is 1. The number of hydrogen-bond donors (Lipinski definition) is 2. The molecule has 2 aromatic rings. The fourth-order valence-electron chi connectivity index (χ4n) is 1.61. The molecule has 2 aromatic heterocycles. The van der Waals surface area contributed by atoms with Crippen molar-refractivity contribution in [2.75, 3.05) is 18.5 Å². The molecule has 2 rings (SSSR count). The van der Waals surface area contributed by atoms with Crippen molar-refractivity contribution < 1.29 is 8.42 Å². The quantitative estimate of drug-likeness (QED) is 0.439. The number of nitriles is 2. The fourth-order valence-corrected chi connectivity index (χ4v) is 3.83. The van der Waals surface area contributed by atoms with E-state index in [0.29, 0.717) is 4.96 Å². The minimum Gasteiger partial charge on any atom is -0.306 e. The van der Waals surface area contributed by atoms with Crippen LogP contribution in [-0.4, -0.2) is 35.2 Å². The Labute approximate surface area is 118 Å². The third kappa shape index (κ3) is 2.19. The predicted molar refractivity (Wildman–Crippen MR) is 70.9 cm³/mol. The number of nitrogens with one attached hydrogen (secondary N) is 1. The summed E-state index contributed by atoms with van der Waals surface area (Å²) in [6.45, 7) is -0.867. The second kappa shape index (κ2) is 5.44. The largest absolute Gasteiger partial charge is 0.306 e. The van der Waals surface area contributed by atoms with Crippen LogP contribution in [0.1, 0.15) is 0 Å². The van der Waals surface area contributed by atoms with E-state index in [1.807, 2.05) is 0 Å². The number of thiazole rings is 1. The van der Waals surface area contributed by atoms with Gasteiger partial charge >= 0.3 is 0 Å². The third-order valence-corrected chi connectivity index (χ3v) is 5.01. The van der Waals surface area contributed by atoms with Crippen molar-refractivity contribution >= 4 is 32.1 Å². The van der Waals surface area contributed by atoms with Crippen molar-refractivity contribution in [3.63, 3.8) is 0 Å². The molecule has 0 saturated heterocycles. The average molecular weight is 311 g/mol. The molecule has 11 heteroatoms. The summed E-state index contributed by atoms with van der Waals surface area (Å²) in [5, 5.41) is 18.9. The smallest absolute Gasteiger partial charge is 0.264 e. The maximum atomic E-state index is 12.5. The molecule has 9 nitrogen and oxygen atoms in total. The first kappa shape index (κ1) is 14.2. The summed E-state index contributed by atoms with van der Waals surface area (Å²) >= 11 is 1.24. The van der Waals surface area contributed by atoms with Crippen LogP contribution < -0.4 is 11.3 Å². The van der Waals surface area contributed by atoms with Gasteiger partial charge in [0.2, 0.25) is 5.03 Å². The van der Waals surface area contributed by atoms with Gasteiger partial charge in [-0.3, -0.25) is 4.40 Å². The molecule has 0 fully saturated rings. The average Bonchev–Trinajstić information content (AvgIpc) is 2.97. The highest BCUT2D eigenvalue weighted by atomic mass is 32.2. The molecule has 0 aromatic carbocycles.